The molecule has 0 saturated carbocycles. The fourth-order valence-electron chi connectivity index (χ4n) is 1.37. The topological polar surface area (TPSA) is 99.9 Å². The van der Waals surface area contributed by atoms with Crippen LogP contribution in [0.5, 0.6) is 17.2 Å². The van der Waals surface area contributed by atoms with E-state index in [2.05, 4.69) is 5.32 Å². The minimum absolute atomic E-state index is 0.242. The van der Waals surface area contributed by atoms with E-state index in [1.807, 2.05) is 0 Å². The first-order chi connectivity index (χ1) is 9.46. The van der Waals surface area contributed by atoms with E-state index in [9.17, 15) is 9.59 Å². The van der Waals surface area contributed by atoms with Crippen molar-refractivity contribution in [2.45, 2.75) is 13.0 Å². The maximum atomic E-state index is 11.5. The van der Waals surface area contributed by atoms with Crippen molar-refractivity contribution in [3.8, 4) is 17.2 Å². The van der Waals surface area contributed by atoms with Crippen molar-refractivity contribution in [3.63, 3.8) is 0 Å². The summed E-state index contributed by atoms with van der Waals surface area (Å²) in [6.45, 7) is 1.25. The molecule has 0 bridgehead atoms. The van der Waals surface area contributed by atoms with Crippen LogP contribution >= 0.6 is 0 Å². The van der Waals surface area contributed by atoms with Gasteiger partial charge in [-0.15, -0.1) is 0 Å². The lowest BCUT2D eigenvalue weighted by Crippen LogP contribution is -2.44. The summed E-state index contributed by atoms with van der Waals surface area (Å²) >= 11 is 0. The molecule has 1 atom stereocenters. The summed E-state index contributed by atoms with van der Waals surface area (Å²) in [5.74, 6) is 0.457. The highest BCUT2D eigenvalue weighted by molar-refractivity contribution is 5.86. The van der Waals surface area contributed by atoms with E-state index in [1.165, 1.54) is 21.1 Å². The van der Waals surface area contributed by atoms with Gasteiger partial charge in [0.1, 0.15) is 23.3 Å². The third-order valence-corrected chi connectivity index (χ3v) is 2.50. The van der Waals surface area contributed by atoms with E-state index in [0.717, 1.165) is 0 Å². The van der Waals surface area contributed by atoms with Crippen LogP contribution in [0.4, 0.5) is 0 Å². The number of nitrogens with two attached hydrogens (primary N) is 1. The maximum Gasteiger partial charge on any atom is 0.258 e. The van der Waals surface area contributed by atoms with Crippen LogP contribution in [-0.2, 0) is 9.59 Å². The van der Waals surface area contributed by atoms with Gasteiger partial charge in [0.15, 0.2) is 6.61 Å². The van der Waals surface area contributed by atoms with E-state index in [0.29, 0.717) is 17.2 Å². The third kappa shape index (κ3) is 4.68. The van der Waals surface area contributed by atoms with E-state index >= 15 is 0 Å². The molecule has 0 fully saturated rings. The molecule has 0 saturated heterocycles. The maximum absolute atomic E-state index is 11.5. The molecule has 7 nitrogen and oxygen atoms in total. The van der Waals surface area contributed by atoms with E-state index < -0.39 is 17.9 Å². The van der Waals surface area contributed by atoms with E-state index in [-0.39, 0.29) is 6.61 Å². The average Bonchev–Trinajstić information content (AvgIpc) is 2.44. The predicted molar refractivity (Wildman–Crippen MR) is 71.8 cm³/mol. The molecule has 0 aliphatic rings. The van der Waals surface area contributed by atoms with Gasteiger partial charge >= 0.3 is 0 Å². The molecule has 0 heterocycles. The van der Waals surface area contributed by atoms with Crippen molar-refractivity contribution in [1.29, 1.82) is 0 Å². The van der Waals surface area contributed by atoms with Crippen LogP contribution in [0, 0.1) is 0 Å². The number of carbonyl (C=O) groups excluding carboxylic acids is 2. The van der Waals surface area contributed by atoms with Crippen LogP contribution in [0.1, 0.15) is 6.92 Å². The van der Waals surface area contributed by atoms with Gasteiger partial charge in [-0.3, -0.25) is 9.59 Å². The molecule has 1 aromatic carbocycles. The van der Waals surface area contributed by atoms with Gasteiger partial charge in [0.25, 0.3) is 5.91 Å². The molecule has 0 aliphatic heterocycles. The number of primary amides is 1. The Balaban J connectivity index is 2.60. The number of amides is 2. The molecule has 20 heavy (non-hydrogen) atoms. The Hall–Kier alpha value is -2.44. The Labute approximate surface area is 117 Å². The first kappa shape index (κ1) is 15.6. The molecule has 0 aliphatic carbocycles. The summed E-state index contributed by atoms with van der Waals surface area (Å²) in [7, 11) is 3.03. The van der Waals surface area contributed by atoms with Gasteiger partial charge in [0.05, 0.1) is 14.2 Å². The fourth-order valence-corrected chi connectivity index (χ4v) is 1.37. The molecule has 3 N–H and O–H groups in total. The summed E-state index contributed by atoms with van der Waals surface area (Å²) in [4.78, 5) is 22.3. The predicted octanol–water partition coefficient (Wildman–Crippen LogP) is 0.0726. The summed E-state index contributed by atoms with van der Waals surface area (Å²) in [5, 5.41) is 2.41. The van der Waals surface area contributed by atoms with Crippen LogP contribution in [0.25, 0.3) is 0 Å². The number of hydrogen-bond acceptors (Lipinski definition) is 5. The summed E-state index contributed by atoms with van der Waals surface area (Å²) in [5.41, 5.74) is 5.04. The lowest BCUT2D eigenvalue weighted by molar-refractivity contribution is -0.128. The quantitative estimate of drug-likeness (QED) is 0.737. The average molecular weight is 282 g/mol. The largest absolute Gasteiger partial charge is 0.496 e. The molecule has 1 aromatic rings. The molecule has 110 valence electrons. The summed E-state index contributed by atoms with van der Waals surface area (Å²) in [6, 6.07) is 4.17. The second kappa shape index (κ2) is 7.22. The number of nitrogens with one attached hydrogen (secondary N) is 1. The second-order valence-electron chi connectivity index (χ2n) is 4.03. The molecule has 1 rings (SSSR count). The lowest BCUT2D eigenvalue weighted by Gasteiger charge is -2.12. The van der Waals surface area contributed by atoms with Gasteiger partial charge < -0.3 is 25.3 Å². The van der Waals surface area contributed by atoms with Gasteiger partial charge in [-0.25, -0.2) is 0 Å². The van der Waals surface area contributed by atoms with Crippen LogP contribution in [0.15, 0.2) is 18.2 Å². The first-order valence-electron chi connectivity index (χ1n) is 5.90. The highest BCUT2D eigenvalue weighted by atomic mass is 16.5. The zero-order valence-electron chi connectivity index (χ0n) is 11.6. The number of hydrogen-bond donors (Lipinski definition) is 2. The second-order valence-corrected chi connectivity index (χ2v) is 4.03. The van der Waals surface area contributed by atoms with E-state index in [4.69, 9.17) is 19.9 Å². The number of rotatable bonds is 7. The third-order valence-electron chi connectivity index (χ3n) is 2.50. The highest BCUT2D eigenvalue weighted by Crippen LogP contribution is 2.27. The van der Waals surface area contributed by atoms with Crippen LogP contribution in [-0.4, -0.2) is 38.7 Å². The monoisotopic (exact) mass is 282 g/mol. The van der Waals surface area contributed by atoms with Crippen LogP contribution in [0.3, 0.4) is 0 Å². The minimum atomic E-state index is -0.744. The summed E-state index contributed by atoms with van der Waals surface area (Å²) < 4.78 is 15.5. The van der Waals surface area contributed by atoms with Gasteiger partial charge in [-0.05, 0) is 6.92 Å². The Morgan fingerprint density at radius 2 is 1.65 bits per heavy atom. The fraction of sp³-hybridized carbons (Fsp3) is 0.385. The standard InChI is InChI=1S/C13H18N2O5/c1-8(13(14)17)15-12(16)7-20-11-5-9(18-2)4-10(6-11)19-3/h4-6,8H,7H2,1-3H3,(H2,14,17)(H,15,16). The molecule has 7 heteroatoms. The highest BCUT2D eigenvalue weighted by Gasteiger charge is 2.12. The van der Waals surface area contributed by atoms with Gasteiger partial charge in [-0.1, -0.05) is 0 Å². The van der Waals surface area contributed by atoms with Crippen molar-refractivity contribution in [2.75, 3.05) is 20.8 Å². The van der Waals surface area contributed by atoms with Gasteiger partial charge in [0, 0.05) is 18.2 Å². The van der Waals surface area contributed by atoms with Crippen molar-refractivity contribution in [1.82, 2.24) is 5.32 Å². The Morgan fingerprint density at radius 3 is 2.10 bits per heavy atom. The number of carbonyl (C=O) groups is 2. The Bertz CT molecular complexity index is 467. The van der Waals surface area contributed by atoms with Gasteiger partial charge in [-0.2, -0.15) is 0 Å². The first-order valence-corrected chi connectivity index (χ1v) is 5.90. The molecular formula is C13H18N2O5. The number of methoxy groups -OCH3 is 2. The zero-order chi connectivity index (χ0) is 15.1. The van der Waals surface area contributed by atoms with Crippen molar-refractivity contribution < 1.29 is 23.8 Å². The number of benzene rings is 1. The normalized spacial score (nSPS) is 11.3. The van der Waals surface area contributed by atoms with Crippen LogP contribution in [0.2, 0.25) is 0 Å². The van der Waals surface area contributed by atoms with Crippen molar-refractivity contribution in [2.24, 2.45) is 5.73 Å². The van der Waals surface area contributed by atoms with Gasteiger partial charge in [0.2, 0.25) is 5.91 Å². The Morgan fingerprint density at radius 1 is 1.15 bits per heavy atom. The molecule has 1 unspecified atom stereocenters. The smallest absolute Gasteiger partial charge is 0.258 e. The number of ether oxygens (including phenoxy) is 3. The Kier molecular flexibility index (Phi) is 5.64. The van der Waals surface area contributed by atoms with Crippen molar-refractivity contribution in [3.05, 3.63) is 18.2 Å². The zero-order valence-corrected chi connectivity index (χ0v) is 11.6. The lowest BCUT2D eigenvalue weighted by atomic mass is 10.3. The van der Waals surface area contributed by atoms with Crippen LogP contribution < -0.4 is 25.3 Å². The van der Waals surface area contributed by atoms with E-state index in [1.54, 1.807) is 18.2 Å². The molecule has 0 spiro atoms. The molecule has 0 aromatic heterocycles. The SMILES string of the molecule is COc1cc(OC)cc(OCC(=O)NC(C)C(N)=O)c1. The molecule has 2 amide bonds. The summed E-state index contributed by atoms with van der Waals surface area (Å²) in [6.07, 6.45) is 0. The minimum Gasteiger partial charge on any atom is -0.496 e. The molecular weight excluding hydrogens is 264 g/mol. The van der Waals surface area contributed by atoms with Crippen molar-refractivity contribution >= 4 is 11.8 Å². The molecule has 0 radical (unpaired) electrons.